The summed E-state index contributed by atoms with van der Waals surface area (Å²) in [6.07, 6.45) is 6.74. The molecular weight excluding hydrogens is 308 g/mol. The average molecular weight is 335 g/mol. The van der Waals surface area contributed by atoms with E-state index in [1.807, 2.05) is 19.9 Å². The van der Waals surface area contributed by atoms with Crippen LogP contribution < -0.4 is 5.32 Å². The Morgan fingerprint density at radius 2 is 1.96 bits per heavy atom. The van der Waals surface area contributed by atoms with E-state index in [4.69, 9.17) is 11.6 Å². The molecule has 2 aliphatic rings. The van der Waals surface area contributed by atoms with Gasteiger partial charge in [-0.3, -0.25) is 9.69 Å². The van der Waals surface area contributed by atoms with E-state index in [2.05, 4.69) is 16.3 Å². The summed E-state index contributed by atoms with van der Waals surface area (Å²) in [5.41, 5.74) is 2.90. The van der Waals surface area contributed by atoms with Crippen LogP contribution in [0.4, 0.5) is 5.69 Å². The third-order valence-corrected chi connectivity index (χ3v) is 5.74. The topological polar surface area (TPSA) is 32.3 Å². The predicted octanol–water partition coefficient (Wildman–Crippen LogP) is 4.41. The molecule has 3 rings (SSSR count). The van der Waals surface area contributed by atoms with Crippen molar-refractivity contribution < 1.29 is 4.79 Å². The molecule has 0 spiro atoms. The Morgan fingerprint density at radius 3 is 2.70 bits per heavy atom. The van der Waals surface area contributed by atoms with Gasteiger partial charge in [-0.1, -0.05) is 36.9 Å². The van der Waals surface area contributed by atoms with Crippen LogP contribution in [0.15, 0.2) is 12.1 Å². The molecule has 2 atom stereocenters. The number of nitrogens with one attached hydrogen (secondary N) is 1. The van der Waals surface area contributed by atoms with Crippen LogP contribution in [0.25, 0.3) is 0 Å². The summed E-state index contributed by atoms with van der Waals surface area (Å²) >= 11 is 6.28. The second-order valence-corrected chi connectivity index (χ2v) is 7.72. The number of likely N-dealkylation sites (tertiary alicyclic amines) is 1. The van der Waals surface area contributed by atoms with Crippen LogP contribution in [-0.2, 0) is 4.79 Å². The summed E-state index contributed by atoms with van der Waals surface area (Å²) in [6.45, 7) is 6.61. The van der Waals surface area contributed by atoms with E-state index in [9.17, 15) is 4.79 Å². The highest BCUT2D eigenvalue weighted by molar-refractivity contribution is 6.34. The molecule has 23 heavy (non-hydrogen) atoms. The summed E-state index contributed by atoms with van der Waals surface area (Å²) in [5, 5.41) is 3.64. The van der Waals surface area contributed by atoms with Crippen molar-refractivity contribution in [3.63, 3.8) is 0 Å². The van der Waals surface area contributed by atoms with E-state index in [1.165, 1.54) is 32.1 Å². The lowest BCUT2D eigenvalue weighted by molar-refractivity contribution is -0.118. The minimum absolute atomic E-state index is 0.0492. The molecule has 1 saturated heterocycles. The number of fused-ring (bicyclic) bond motifs is 1. The lowest BCUT2D eigenvalue weighted by Crippen LogP contribution is -2.44. The molecule has 1 aromatic rings. The average Bonchev–Trinajstić information content (AvgIpc) is 2.51. The van der Waals surface area contributed by atoms with Crippen molar-refractivity contribution in [1.29, 1.82) is 0 Å². The molecule has 1 amide bonds. The van der Waals surface area contributed by atoms with Crippen molar-refractivity contribution in [2.45, 2.75) is 46.0 Å². The fourth-order valence-corrected chi connectivity index (χ4v) is 4.64. The molecule has 1 saturated carbocycles. The van der Waals surface area contributed by atoms with Crippen molar-refractivity contribution in [1.82, 2.24) is 4.90 Å². The number of piperidine rings is 1. The van der Waals surface area contributed by atoms with E-state index in [-0.39, 0.29) is 5.91 Å². The Hall–Kier alpha value is -1.06. The number of amides is 1. The third-order valence-electron chi connectivity index (χ3n) is 5.44. The van der Waals surface area contributed by atoms with Crippen molar-refractivity contribution in [3.8, 4) is 0 Å². The number of anilines is 1. The Labute approximate surface area is 144 Å². The number of benzene rings is 1. The molecule has 1 aliphatic heterocycles. The largest absolute Gasteiger partial charge is 0.323 e. The number of halogens is 1. The lowest BCUT2D eigenvalue weighted by atomic mass is 9.75. The Balaban J connectivity index is 1.57. The van der Waals surface area contributed by atoms with Gasteiger partial charge in [0.05, 0.1) is 17.3 Å². The molecule has 0 radical (unpaired) electrons. The van der Waals surface area contributed by atoms with Gasteiger partial charge in [-0.25, -0.2) is 0 Å². The van der Waals surface area contributed by atoms with Gasteiger partial charge >= 0.3 is 0 Å². The molecule has 4 heteroatoms. The minimum atomic E-state index is 0.0492. The maximum absolute atomic E-state index is 12.4. The molecule has 126 valence electrons. The molecule has 1 heterocycles. The lowest BCUT2D eigenvalue weighted by Gasteiger charge is -2.41. The molecular formula is C19H27ClN2O. The normalized spacial score (nSPS) is 25.0. The van der Waals surface area contributed by atoms with E-state index >= 15 is 0 Å². The molecule has 1 aliphatic carbocycles. The quantitative estimate of drug-likeness (QED) is 0.888. The van der Waals surface area contributed by atoms with E-state index < -0.39 is 0 Å². The highest BCUT2D eigenvalue weighted by atomic mass is 35.5. The molecule has 3 nitrogen and oxygen atoms in total. The van der Waals surface area contributed by atoms with Crippen LogP contribution in [0.2, 0.25) is 5.02 Å². The zero-order valence-electron chi connectivity index (χ0n) is 14.2. The number of rotatable bonds is 3. The summed E-state index contributed by atoms with van der Waals surface area (Å²) in [7, 11) is 0. The van der Waals surface area contributed by atoms with Gasteiger partial charge in [0.25, 0.3) is 0 Å². The van der Waals surface area contributed by atoms with Crippen LogP contribution in [0.3, 0.4) is 0 Å². The van der Waals surface area contributed by atoms with Gasteiger partial charge in [0.1, 0.15) is 0 Å². The molecule has 0 aromatic heterocycles. The summed E-state index contributed by atoms with van der Waals surface area (Å²) in [6, 6.07) is 3.95. The summed E-state index contributed by atoms with van der Waals surface area (Å²) in [5.74, 6) is 1.75. The van der Waals surface area contributed by atoms with E-state index in [1.54, 1.807) is 0 Å². The molecule has 1 N–H and O–H groups in total. The first kappa shape index (κ1) is 16.8. The first-order valence-corrected chi connectivity index (χ1v) is 9.19. The van der Waals surface area contributed by atoms with Crippen molar-refractivity contribution in [3.05, 3.63) is 28.3 Å². The fraction of sp³-hybridized carbons (Fsp3) is 0.632. The van der Waals surface area contributed by atoms with Crippen LogP contribution in [-0.4, -0.2) is 30.4 Å². The summed E-state index contributed by atoms with van der Waals surface area (Å²) < 4.78 is 0. The smallest absolute Gasteiger partial charge is 0.238 e. The van der Waals surface area contributed by atoms with Crippen molar-refractivity contribution in [2.24, 2.45) is 11.8 Å². The van der Waals surface area contributed by atoms with Crippen LogP contribution in [0, 0.1) is 25.7 Å². The zero-order valence-corrected chi connectivity index (χ0v) is 15.0. The second kappa shape index (κ2) is 7.23. The number of carbonyl (C=O) groups is 1. The van der Waals surface area contributed by atoms with Crippen molar-refractivity contribution in [2.75, 3.05) is 25.0 Å². The maximum atomic E-state index is 12.4. The predicted molar refractivity (Wildman–Crippen MR) is 96.1 cm³/mol. The maximum Gasteiger partial charge on any atom is 0.238 e. The highest BCUT2D eigenvalue weighted by Gasteiger charge is 2.31. The monoisotopic (exact) mass is 334 g/mol. The third kappa shape index (κ3) is 4.07. The second-order valence-electron chi connectivity index (χ2n) is 7.32. The van der Waals surface area contributed by atoms with Crippen LogP contribution >= 0.6 is 11.6 Å². The first-order chi connectivity index (χ1) is 11.0. The Kier molecular flexibility index (Phi) is 5.27. The Bertz CT molecular complexity index is 564. The van der Waals surface area contributed by atoms with E-state index in [0.717, 1.165) is 41.7 Å². The van der Waals surface area contributed by atoms with Gasteiger partial charge in [0.15, 0.2) is 0 Å². The number of hydrogen-bond acceptors (Lipinski definition) is 2. The van der Waals surface area contributed by atoms with Gasteiger partial charge in [-0.15, -0.1) is 0 Å². The summed E-state index contributed by atoms with van der Waals surface area (Å²) in [4.78, 5) is 14.7. The van der Waals surface area contributed by atoms with E-state index in [0.29, 0.717) is 11.6 Å². The first-order valence-electron chi connectivity index (χ1n) is 8.82. The van der Waals surface area contributed by atoms with Gasteiger partial charge in [0, 0.05) is 6.54 Å². The van der Waals surface area contributed by atoms with Gasteiger partial charge in [-0.05, 0) is 62.3 Å². The SMILES string of the molecule is Cc1cc(C)c(NC(=O)CN2CCC3CCCCC3C2)c(Cl)c1. The molecule has 1 aromatic carbocycles. The van der Waals surface area contributed by atoms with Gasteiger partial charge in [-0.2, -0.15) is 0 Å². The van der Waals surface area contributed by atoms with Crippen molar-refractivity contribution >= 4 is 23.2 Å². The fourth-order valence-electron chi connectivity index (χ4n) is 4.28. The number of hydrogen-bond donors (Lipinski definition) is 1. The van der Waals surface area contributed by atoms with Gasteiger partial charge in [0.2, 0.25) is 5.91 Å². The standard InChI is InChI=1S/C19H27ClN2O/c1-13-9-14(2)19(17(20)10-13)21-18(23)12-22-8-7-15-5-3-4-6-16(15)11-22/h9-10,15-16H,3-8,11-12H2,1-2H3,(H,21,23). The molecule has 2 unspecified atom stereocenters. The minimum Gasteiger partial charge on any atom is -0.323 e. The number of carbonyl (C=O) groups excluding carboxylic acids is 1. The number of aryl methyl sites for hydroxylation is 2. The zero-order chi connectivity index (χ0) is 16.4. The Morgan fingerprint density at radius 1 is 1.22 bits per heavy atom. The molecule has 0 bridgehead atoms. The van der Waals surface area contributed by atoms with Gasteiger partial charge < -0.3 is 5.32 Å². The van der Waals surface area contributed by atoms with Crippen LogP contribution in [0.1, 0.15) is 43.2 Å². The number of nitrogens with zero attached hydrogens (tertiary/aromatic N) is 1. The highest BCUT2D eigenvalue weighted by Crippen LogP contribution is 2.36. The molecule has 2 fully saturated rings. The van der Waals surface area contributed by atoms with Crippen LogP contribution in [0.5, 0.6) is 0 Å².